The molecule has 1 aromatic heterocycles. The molecule has 0 saturated heterocycles. The highest BCUT2D eigenvalue weighted by molar-refractivity contribution is 5.75. The van der Waals surface area contributed by atoms with E-state index in [0.717, 1.165) is 0 Å². The van der Waals surface area contributed by atoms with E-state index >= 15 is 0 Å². The SMILES string of the molecule is NCc1nc2c(F)cccc2[nH]1. The molecule has 3 N–H and O–H groups in total. The third-order valence-electron chi connectivity index (χ3n) is 1.71. The lowest BCUT2D eigenvalue weighted by Gasteiger charge is -1.86. The second kappa shape index (κ2) is 2.57. The van der Waals surface area contributed by atoms with E-state index in [1.165, 1.54) is 6.07 Å². The van der Waals surface area contributed by atoms with Gasteiger partial charge in [0, 0.05) is 0 Å². The second-order valence-corrected chi connectivity index (χ2v) is 2.52. The number of halogens is 1. The number of nitrogens with two attached hydrogens (primary N) is 1. The standard InChI is InChI=1S/C8H8FN3/c9-5-2-1-3-6-8(5)12-7(4-10)11-6/h1-3H,4,10H2,(H,11,12). The number of nitrogens with zero attached hydrogens (tertiary/aromatic N) is 1. The Labute approximate surface area is 68.4 Å². The maximum absolute atomic E-state index is 13.0. The molecule has 0 atom stereocenters. The Balaban J connectivity index is 2.74. The summed E-state index contributed by atoms with van der Waals surface area (Å²) in [5, 5.41) is 0. The van der Waals surface area contributed by atoms with Gasteiger partial charge in [-0.05, 0) is 12.1 Å². The summed E-state index contributed by atoms with van der Waals surface area (Å²) in [5.74, 6) is 0.290. The van der Waals surface area contributed by atoms with Crippen molar-refractivity contribution in [1.82, 2.24) is 9.97 Å². The van der Waals surface area contributed by atoms with Crippen LogP contribution in [-0.2, 0) is 6.54 Å². The fraction of sp³-hybridized carbons (Fsp3) is 0.125. The minimum absolute atomic E-state index is 0.300. The number of imidazole rings is 1. The molecule has 0 spiro atoms. The number of hydrogen-bond donors (Lipinski definition) is 2. The summed E-state index contributed by atoms with van der Waals surface area (Å²) in [4.78, 5) is 6.89. The summed E-state index contributed by atoms with van der Waals surface area (Å²) in [6, 6.07) is 4.78. The van der Waals surface area contributed by atoms with E-state index in [4.69, 9.17) is 5.73 Å². The van der Waals surface area contributed by atoms with Gasteiger partial charge in [0.2, 0.25) is 0 Å². The molecule has 0 amide bonds. The molecule has 1 aromatic carbocycles. The largest absolute Gasteiger partial charge is 0.341 e. The molecule has 2 aromatic rings. The predicted octanol–water partition coefficient (Wildman–Crippen LogP) is 1.16. The average Bonchev–Trinajstić information content (AvgIpc) is 2.49. The van der Waals surface area contributed by atoms with E-state index in [0.29, 0.717) is 23.4 Å². The maximum atomic E-state index is 13.0. The number of benzene rings is 1. The third kappa shape index (κ3) is 0.967. The lowest BCUT2D eigenvalue weighted by molar-refractivity contribution is 0.637. The predicted molar refractivity (Wildman–Crippen MR) is 43.9 cm³/mol. The number of H-pyrrole nitrogens is 1. The van der Waals surface area contributed by atoms with Crippen molar-refractivity contribution in [2.45, 2.75) is 6.54 Å². The molecule has 1 heterocycles. The molecule has 0 radical (unpaired) electrons. The number of rotatable bonds is 1. The molecular weight excluding hydrogens is 157 g/mol. The quantitative estimate of drug-likeness (QED) is 0.666. The molecule has 62 valence electrons. The van der Waals surface area contributed by atoms with Gasteiger partial charge < -0.3 is 10.7 Å². The van der Waals surface area contributed by atoms with Crippen LogP contribution < -0.4 is 5.73 Å². The van der Waals surface area contributed by atoms with Crippen molar-refractivity contribution in [2.75, 3.05) is 0 Å². The molecule has 0 unspecified atom stereocenters. The van der Waals surface area contributed by atoms with Crippen molar-refractivity contribution in [2.24, 2.45) is 5.73 Å². The normalized spacial score (nSPS) is 10.8. The molecule has 0 saturated carbocycles. The molecule has 12 heavy (non-hydrogen) atoms. The third-order valence-corrected chi connectivity index (χ3v) is 1.71. The van der Waals surface area contributed by atoms with Crippen molar-refractivity contribution in [1.29, 1.82) is 0 Å². The van der Waals surface area contributed by atoms with Crippen LogP contribution in [0, 0.1) is 5.82 Å². The van der Waals surface area contributed by atoms with Crippen LogP contribution in [0.3, 0.4) is 0 Å². The van der Waals surface area contributed by atoms with Gasteiger partial charge in [-0.3, -0.25) is 0 Å². The summed E-state index contributed by atoms with van der Waals surface area (Å²) in [7, 11) is 0. The van der Waals surface area contributed by atoms with Crippen LogP contribution in [0.15, 0.2) is 18.2 Å². The van der Waals surface area contributed by atoms with Crippen LogP contribution in [-0.4, -0.2) is 9.97 Å². The van der Waals surface area contributed by atoms with E-state index in [1.807, 2.05) is 0 Å². The van der Waals surface area contributed by atoms with Crippen molar-refractivity contribution in [3.05, 3.63) is 29.8 Å². The number of aromatic nitrogens is 2. The number of nitrogens with one attached hydrogen (secondary N) is 1. The van der Waals surface area contributed by atoms with E-state index in [9.17, 15) is 4.39 Å². The maximum Gasteiger partial charge on any atom is 0.151 e. The highest BCUT2D eigenvalue weighted by Crippen LogP contribution is 2.14. The molecule has 0 aliphatic heterocycles. The Hall–Kier alpha value is -1.42. The van der Waals surface area contributed by atoms with E-state index < -0.39 is 0 Å². The van der Waals surface area contributed by atoms with Crippen LogP contribution in [0.5, 0.6) is 0 Å². The van der Waals surface area contributed by atoms with Gasteiger partial charge in [0.1, 0.15) is 11.3 Å². The lowest BCUT2D eigenvalue weighted by atomic mass is 10.3. The summed E-state index contributed by atoms with van der Waals surface area (Å²) >= 11 is 0. The number of para-hydroxylation sites is 1. The molecule has 0 fully saturated rings. The Kier molecular flexibility index (Phi) is 1.55. The topological polar surface area (TPSA) is 54.7 Å². The Morgan fingerprint density at radius 2 is 2.33 bits per heavy atom. The molecule has 4 heteroatoms. The zero-order chi connectivity index (χ0) is 8.55. The number of fused-ring (bicyclic) bond motifs is 1. The zero-order valence-electron chi connectivity index (χ0n) is 6.34. The van der Waals surface area contributed by atoms with Crippen molar-refractivity contribution >= 4 is 11.0 Å². The molecule has 3 nitrogen and oxygen atoms in total. The van der Waals surface area contributed by atoms with Crippen LogP contribution in [0.2, 0.25) is 0 Å². The van der Waals surface area contributed by atoms with Gasteiger partial charge in [-0.15, -0.1) is 0 Å². The summed E-state index contributed by atoms with van der Waals surface area (Å²) < 4.78 is 13.0. The minimum atomic E-state index is -0.316. The van der Waals surface area contributed by atoms with Gasteiger partial charge in [-0.1, -0.05) is 6.07 Å². The fourth-order valence-electron chi connectivity index (χ4n) is 1.14. The summed E-state index contributed by atoms with van der Waals surface area (Å²) in [6.45, 7) is 0.300. The van der Waals surface area contributed by atoms with Crippen molar-refractivity contribution < 1.29 is 4.39 Å². The number of hydrogen-bond acceptors (Lipinski definition) is 2. The summed E-state index contributed by atoms with van der Waals surface area (Å²) in [5.41, 5.74) is 6.40. The molecule has 2 rings (SSSR count). The van der Waals surface area contributed by atoms with Gasteiger partial charge >= 0.3 is 0 Å². The van der Waals surface area contributed by atoms with E-state index in [-0.39, 0.29) is 5.82 Å². The van der Waals surface area contributed by atoms with E-state index in [2.05, 4.69) is 9.97 Å². The van der Waals surface area contributed by atoms with Crippen LogP contribution in [0.1, 0.15) is 5.82 Å². The van der Waals surface area contributed by atoms with Gasteiger partial charge in [-0.2, -0.15) is 0 Å². The summed E-state index contributed by atoms with van der Waals surface area (Å²) in [6.07, 6.45) is 0. The van der Waals surface area contributed by atoms with E-state index in [1.54, 1.807) is 12.1 Å². The Morgan fingerprint density at radius 1 is 1.50 bits per heavy atom. The first-order valence-electron chi connectivity index (χ1n) is 3.64. The molecule has 0 aliphatic carbocycles. The van der Waals surface area contributed by atoms with Crippen LogP contribution >= 0.6 is 0 Å². The van der Waals surface area contributed by atoms with Crippen molar-refractivity contribution in [3.63, 3.8) is 0 Å². The van der Waals surface area contributed by atoms with Gasteiger partial charge in [0.05, 0.1) is 12.1 Å². The van der Waals surface area contributed by atoms with Gasteiger partial charge in [-0.25, -0.2) is 9.37 Å². The first-order chi connectivity index (χ1) is 5.81. The fourth-order valence-corrected chi connectivity index (χ4v) is 1.14. The van der Waals surface area contributed by atoms with Crippen LogP contribution in [0.4, 0.5) is 4.39 Å². The Bertz CT molecular complexity index is 408. The van der Waals surface area contributed by atoms with Gasteiger partial charge in [0.15, 0.2) is 5.82 Å². The van der Waals surface area contributed by atoms with Crippen LogP contribution in [0.25, 0.3) is 11.0 Å². The van der Waals surface area contributed by atoms with Crippen molar-refractivity contribution in [3.8, 4) is 0 Å². The highest BCUT2D eigenvalue weighted by Gasteiger charge is 2.04. The molecular formula is C8H8FN3. The minimum Gasteiger partial charge on any atom is -0.341 e. The highest BCUT2D eigenvalue weighted by atomic mass is 19.1. The van der Waals surface area contributed by atoms with Gasteiger partial charge in [0.25, 0.3) is 0 Å². The lowest BCUT2D eigenvalue weighted by Crippen LogP contribution is -1.97. The molecule has 0 aliphatic rings. The molecule has 0 bridgehead atoms. The zero-order valence-corrected chi connectivity index (χ0v) is 6.34. The Morgan fingerprint density at radius 3 is 3.00 bits per heavy atom. The smallest absolute Gasteiger partial charge is 0.151 e. The number of aromatic amines is 1. The first-order valence-corrected chi connectivity index (χ1v) is 3.64. The average molecular weight is 165 g/mol. The first kappa shape index (κ1) is 7.24. The monoisotopic (exact) mass is 165 g/mol. The second-order valence-electron chi connectivity index (χ2n) is 2.52.